The number of carbonyl (C=O) groups excluding carboxylic acids is 4. The molecule has 0 atom stereocenters. The third-order valence-electron chi connectivity index (χ3n) is 6.63. The quantitative estimate of drug-likeness (QED) is 0.440. The third-order valence-corrected chi connectivity index (χ3v) is 8.73. The van der Waals surface area contributed by atoms with Crippen molar-refractivity contribution in [3.63, 3.8) is 0 Å². The summed E-state index contributed by atoms with van der Waals surface area (Å²) in [5, 5.41) is 0. The van der Waals surface area contributed by atoms with Gasteiger partial charge in [-0.25, -0.2) is 17.2 Å². The summed E-state index contributed by atoms with van der Waals surface area (Å²) in [6, 6.07) is 14.2. The Kier molecular flexibility index (Phi) is 6.24. The molecule has 1 saturated carbocycles. The van der Waals surface area contributed by atoms with Gasteiger partial charge in [0.2, 0.25) is 0 Å². The smallest absolute Gasteiger partial charge is 0.268 e. The van der Waals surface area contributed by atoms with Gasteiger partial charge in [0, 0.05) is 12.1 Å². The highest BCUT2D eigenvalue weighted by atomic mass is 32.2. The summed E-state index contributed by atoms with van der Waals surface area (Å²) in [5.41, 5.74) is 1.79. The molecule has 0 aromatic heterocycles. The Morgan fingerprint density at radius 3 is 1.12 bits per heavy atom. The maximum Gasteiger partial charge on any atom is 0.272 e. The molecular weight excluding hydrogens is 472 g/mol. The lowest BCUT2D eigenvalue weighted by Gasteiger charge is -2.38. The van der Waals surface area contributed by atoms with Crippen molar-refractivity contribution in [1.29, 1.82) is 0 Å². The Hall–Kier alpha value is -2.66. The first-order valence-corrected chi connectivity index (χ1v) is 12.6. The van der Waals surface area contributed by atoms with Crippen molar-refractivity contribution in [1.82, 2.24) is 17.2 Å². The normalized spacial score (nSPS) is 22.2. The first-order chi connectivity index (χ1) is 16.4. The lowest BCUT2D eigenvalue weighted by atomic mass is 9.91. The Morgan fingerprint density at radius 1 is 0.588 bits per heavy atom. The molecule has 8 nitrogen and oxygen atoms in total. The van der Waals surface area contributed by atoms with Crippen LogP contribution in [0.3, 0.4) is 0 Å². The second-order valence-corrected chi connectivity index (χ2v) is 10.8. The van der Waals surface area contributed by atoms with Gasteiger partial charge in [0.25, 0.3) is 23.6 Å². The van der Waals surface area contributed by atoms with E-state index >= 15 is 0 Å². The van der Waals surface area contributed by atoms with Gasteiger partial charge >= 0.3 is 0 Å². The molecule has 2 heterocycles. The molecule has 1 fully saturated rings. The van der Waals surface area contributed by atoms with Crippen LogP contribution in [0.4, 0.5) is 0 Å². The van der Waals surface area contributed by atoms with Crippen LogP contribution < -0.4 is 0 Å². The maximum absolute atomic E-state index is 12.7. The molecule has 2 aromatic carbocycles. The zero-order chi connectivity index (χ0) is 24.0. The lowest BCUT2D eigenvalue weighted by molar-refractivity contribution is 0.0751. The fraction of sp³-hybridized carbons (Fsp3) is 0.333. The topological polar surface area (TPSA) is 81.2 Å². The highest BCUT2D eigenvalue weighted by molar-refractivity contribution is 7.96. The standard InChI is InChI=1S/C24H24N4O4S2/c1-25(33-27-21(29)17-7-3-4-8-18(17)22(27)30)15-11-13-16(14-12-15)26(2)34-28-23(31)19-9-5-6-10-20(19)24(28)32/h3-10,15-16H,11-14H2,1-2H3. The fourth-order valence-electron chi connectivity index (χ4n) is 4.66. The Labute approximate surface area is 206 Å². The van der Waals surface area contributed by atoms with Gasteiger partial charge in [-0.15, -0.1) is 0 Å². The first kappa shape index (κ1) is 23.1. The number of benzene rings is 2. The van der Waals surface area contributed by atoms with Crippen molar-refractivity contribution in [2.24, 2.45) is 0 Å². The molecular formula is C24H24N4O4S2. The average Bonchev–Trinajstić information content (AvgIpc) is 3.25. The summed E-state index contributed by atoms with van der Waals surface area (Å²) in [5.74, 6) is -1.10. The predicted molar refractivity (Wildman–Crippen MR) is 131 cm³/mol. The third kappa shape index (κ3) is 3.94. The minimum absolute atomic E-state index is 0.211. The van der Waals surface area contributed by atoms with Gasteiger partial charge in [-0.3, -0.25) is 19.2 Å². The van der Waals surface area contributed by atoms with E-state index in [1.165, 1.54) is 32.9 Å². The molecule has 0 saturated heterocycles. The van der Waals surface area contributed by atoms with Crippen LogP contribution in [0.5, 0.6) is 0 Å². The van der Waals surface area contributed by atoms with Gasteiger partial charge < -0.3 is 0 Å². The molecule has 5 rings (SSSR count). The summed E-state index contributed by atoms with van der Waals surface area (Å²) in [6.07, 6.45) is 3.52. The molecule has 0 N–H and O–H groups in total. The van der Waals surface area contributed by atoms with Gasteiger partial charge in [0.05, 0.1) is 46.5 Å². The van der Waals surface area contributed by atoms with Gasteiger partial charge in [-0.1, -0.05) is 24.3 Å². The van der Waals surface area contributed by atoms with E-state index in [1.54, 1.807) is 48.5 Å². The van der Waals surface area contributed by atoms with E-state index in [4.69, 9.17) is 0 Å². The van der Waals surface area contributed by atoms with Crippen LogP contribution in [0.25, 0.3) is 0 Å². The van der Waals surface area contributed by atoms with Crippen LogP contribution in [-0.4, -0.2) is 67.0 Å². The molecule has 2 aliphatic heterocycles. The second kappa shape index (κ2) is 9.18. The molecule has 0 unspecified atom stereocenters. The molecule has 176 valence electrons. The zero-order valence-corrected chi connectivity index (χ0v) is 20.5. The van der Waals surface area contributed by atoms with Crippen molar-refractivity contribution in [3.8, 4) is 0 Å². The molecule has 4 amide bonds. The predicted octanol–water partition coefficient (Wildman–Crippen LogP) is 3.88. The largest absolute Gasteiger partial charge is 0.272 e. The summed E-state index contributed by atoms with van der Waals surface area (Å²) in [7, 11) is 3.83. The Morgan fingerprint density at radius 2 is 0.853 bits per heavy atom. The SMILES string of the molecule is CN(SN1C(=O)c2ccccc2C1=O)C1CCC(N(C)SN2C(=O)c3ccccc3C2=O)CC1. The fourth-order valence-corrected chi connectivity index (χ4v) is 6.55. The Balaban J connectivity index is 1.15. The van der Waals surface area contributed by atoms with Gasteiger partial charge in [-0.05, 0) is 64.0 Å². The van der Waals surface area contributed by atoms with Crippen LogP contribution in [0, 0.1) is 0 Å². The molecule has 2 aromatic rings. The molecule has 3 aliphatic rings. The Bertz CT molecular complexity index is 1020. The lowest BCUT2D eigenvalue weighted by Crippen LogP contribution is -2.40. The molecule has 34 heavy (non-hydrogen) atoms. The van der Waals surface area contributed by atoms with E-state index in [0.29, 0.717) is 22.3 Å². The van der Waals surface area contributed by atoms with Crippen molar-refractivity contribution in [2.75, 3.05) is 14.1 Å². The van der Waals surface area contributed by atoms with Gasteiger partial charge in [-0.2, -0.15) is 0 Å². The average molecular weight is 497 g/mol. The zero-order valence-electron chi connectivity index (χ0n) is 18.8. The van der Waals surface area contributed by atoms with E-state index < -0.39 is 0 Å². The number of rotatable bonds is 6. The highest BCUT2D eigenvalue weighted by Crippen LogP contribution is 2.37. The summed E-state index contributed by atoms with van der Waals surface area (Å²) in [4.78, 5) is 50.6. The monoisotopic (exact) mass is 496 g/mol. The molecule has 1 aliphatic carbocycles. The number of amides is 4. The molecule has 0 bridgehead atoms. The summed E-state index contributed by atoms with van der Waals surface area (Å²) >= 11 is 2.33. The summed E-state index contributed by atoms with van der Waals surface area (Å²) in [6.45, 7) is 0. The van der Waals surface area contributed by atoms with Crippen LogP contribution in [-0.2, 0) is 0 Å². The number of carbonyl (C=O) groups is 4. The number of fused-ring (bicyclic) bond motifs is 2. The van der Waals surface area contributed by atoms with Crippen LogP contribution in [0.2, 0.25) is 0 Å². The van der Waals surface area contributed by atoms with Gasteiger partial charge in [0.1, 0.15) is 0 Å². The number of hydrogen-bond acceptors (Lipinski definition) is 8. The highest BCUT2D eigenvalue weighted by Gasteiger charge is 2.40. The molecule has 0 spiro atoms. The summed E-state index contributed by atoms with van der Waals surface area (Å²) < 4.78 is 6.46. The van der Waals surface area contributed by atoms with Crippen LogP contribution in [0.1, 0.15) is 67.1 Å². The second-order valence-electron chi connectivity index (χ2n) is 8.62. The van der Waals surface area contributed by atoms with Crippen LogP contribution in [0.15, 0.2) is 48.5 Å². The van der Waals surface area contributed by atoms with E-state index in [0.717, 1.165) is 25.7 Å². The van der Waals surface area contributed by atoms with Crippen molar-refractivity contribution < 1.29 is 19.2 Å². The molecule has 10 heteroatoms. The minimum Gasteiger partial charge on any atom is -0.268 e. The number of hydrogen-bond donors (Lipinski definition) is 0. The molecule has 0 radical (unpaired) electrons. The van der Waals surface area contributed by atoms with E-state index in [1.807, 2.05) is 22.7 Å². The minimum atomic E-state index is -0.275. The maximum atomic E-state index is 12.7. The van der Waals surface area contributed by atoms with E-state index in [9.17, 15) is 19.2 Å². The van der Waals surface area contributed by atoms with Gasteiger partial charge in [0.15, 0.2) is 0 Å². The van der Waals surface area contributed by atoms with Crippen molar-refractivity contribution >= 4 is 47.9 Å². The van der Waals surface area contributed by atoms with Crippen LogP contribution >= 0.6 is 24.3 Å². The first-order valence-electron chi connectivity index (χ1n) is 11.1. The number of imide groups is 2. The van der Waals surface area contributed by atoms with E-state index in [2.05, 4.69) is 0 Å². The van der Waals surface area contributed by atoms with Crippen molar-refractivity contribution in [2.45, 2.75) is 37.8 Å². The number of nitrogens with zero attached hydrogens (tertiary/aromatic N) is 4. The van der Waals surface area contributed by atoms with Crippen molar-refractivity contribution in [3.05, 3.63) is 70.8 Å². The van der Waals surface area contributed by atoms with E-state index in [-0.39, 0.29) is 35.7 Å².